The molecule has 1 aromatic carbocycles. The third kappa shape index (κ3) is 3.51. The van der Waals surface area contributed by atoms with E-state index in [0.717, 1.165) is 17.5 Å². The molecule has 9 atom stereocenters. The van der Waals surface area contributed by atoms with Crippen LogP contribution < -0.4 is 0 Å². The molecule has 4 heterocycles. The van der Waals surface area contributed by atoms with Crippen molar-refractivity contribution in [2.45, 2.75) is 77.0 Å². The van der Waals surface area contributed by atoms with Crippen LogP contribution in [0.4, 0.5) is 0 Å². The van der Waals surface area contributed by atoms with Crippen LogP contribution in [0.15, 0.2) is 30.3 Å². The Labute approximate surface area is 188 Å². The monoisotopic (exact) mass is 444 g/mol. The van der Waals surface area contributed by atoms with E-state index in [-0.39, 0.29) is 23.7 Å². The number of benzene rings is 1. The second kappa shape index (κ2) is 7.92. The zero-order valence-corrected chi connectivity index (χ0v) is 19.0. The first-order valence-corrected chi connectivity index (χ1v) is 11.6. The standard InChI is InChI=1S/C25H32O7/c1-14-5-7-17(8-6-14)9-10-21(27)28-22-16(3)19-13-20(26)15(2)18-11-12-24(4)30-23(29-22)25(18,19)32-31-24/h5-10,15-16,18-20,22-23,26H,11-13H2,1-4H3/b10-9+/t15-,16+,18-,19-,20+,22+,23+,24+,25+/m0/s1. The summed E-state index contributed by atoms with van der Waals surface area (Å²) < 4.78 is 18.2. The average molecular weight is 445 g/mol. The third-order valence-electron chi connectivity index (χ3n) is 7.94. The lowest BCUT2D eigenvalue weighted by Gasteiger charge is -2.60. The Balaban J connectivity index is 1.38. The summed E-state index contributed by atoms with van der Waals surface area (Å²) in [5.41, 5.74) is 1.25. The predicted octanol–water partition coefficient (Wildman–Crippen LogP) is 3.73. The Morgan fingerprint density at radius 2 is 1.91 bits per heavy atom. The number of aliphatic hydroxyl groups is 1. The fourth-order valence-electron chi connectivity index (χ4n) is 5.96. The number of carbonyl (C=O) groups is 1. The maximum absolute atomic E-state index is 12.6. The Bertz CT molecular complexity index is 894. The number of aliphatic hydroxyl groups excluding tert-OH is 1. The summed E-state index contributed by atoms with van der Waals surface area (Å²) in [5, 5.41) is 10.8. The van der Waals surface area contributed by atoms with Crippen molar-refractivity contribution in [3.63, 3.8) is 0 Å². The molecule has 4 aliphatic heterocycles. The van der Waals surface area contributed by atoms with Crippen LogP contribution in [0.2, 0.25) is 0 Å². The van der Waals surface area contributed by atoms with Gasteiger partial charge in [0.15, 0.2) is 11.9 Å². The molecule has 0 unspecified atom stereocenters. The molecule has 0 radical (unpaired) electrons. The van der Waals surface area contributed by atoms with Gasteiger partial charge in [0.25, 0.3) is 0 Å². The molecule has 1 saturated carbocycles. The van der Waals surface area contributed by atoms with Gasteiger partial charge in [-0.15, -0.1) is 0 Å². The van der Waals surface area contributed by atoms with Crippen LogP contribution in [-0.4, -0.2) is 41.1 Å². The minimum Gasteiger partial charge on any atom is -0.432 e. The molecule has 5 aliphatic rings. The molecule has 174 valence electrons. The maximum atomic E-state index is 12.6. The molecule has 0 amide bonds. The van der Waals surface area contributed by atoms with Gasteiger partial charge >= 0.3 is 5.97 Å². The average Bonchev–Trinajstić information content (AvgIpc) is 2.99. The quantitative estimate of drug-likeness (QED) is 0.432. The fraction of sp³-hybridized carbons (Fsp3) is 0.640. The third-order valence-corrected chi connectivity index (χ3v) is 7.94. The molecule has 1 spiro atoms. The minimum atomic E-state index is -0.928. The topological polar surface area (TPSA) is 83.5 Å². The fourth-order valence-corrected chi connectivity index (χ4v) is 5.96. The molecular formula is C25H32O7. The van der Waals surface area contributed by atoms with Crippen LogP contribution in [0.1, 0.15) is 51.2 Å². The molecule has 1 aliphatic carbocycles. The lowest BCUT2D eigenvalue weighted by molar-refractivity contribution is -0.577. The predicted molar refractivity (Wildman–Crippen MR) is 115 cm³/mol. The van der Waals surface area contributed by atoms with Crippen LogP contribution in [0.25, 0.3) is 6.08 Å². The summed E-state index contributed by atoms with van der Waals surface area (Å²) in [6, 6.07) is 7.87. The maximum Gasteiger partial charge on any atom is 0.333 e. The van der Waals surface area contributed by atoms with Gasteiger partial charge in [0.1, 0.15) is 0 Å². The summed E-state index contributed by atoms with van der Waals surface area (Å²) >= 11 is 0. The van der Waals surface area contributed by atoms with Crippen LogP contribution in [-0.2, 0) is 28.8 Å². The van der Waals surface area contributed by atoms with Gasteiger partial charge in [0.05, 0.1) is 6.10 Å². The smallest absolute Gasteiger partial charge is 0.333 e. The number of ether oxygens (including phenoxy) is 3. The molecule has 7 nitrogen and oxygen atoms in total. The van der Waals surface area contributed by atoms with Crippen molar-refractivity contribution >= 4 is 12.0 Å². The molecule has 4 saturated heterocycles. The van der Waals surface area contributed by atoms with Crippen LogP contribution >= 0.6 is 0 Å². The first-order valence-electron chi connectivity index (χ1n) is 11.6. The Kier molecular flexibility index (Phi) is 5.46. The van der Waals surface area contributed by atoms with Crippen molar-refractivity contribution in [2.24, 2.45) is 23.7 Å². The lowest BCUT2D eigenvalue weighted by atomic mass is 9.57. The van der Waals surface area contributed by atoms with Crippen molar-refractivity contribution in [1.82, 2.24) is 0 Å². The number of hydrogen-bond acceptors (Lipinski definition) is 7. The number of aryl methyl sites for hydroxylation is 1. The molecule has 32 heavy (non-hydrogen) atoms. The summed E-state index contributed by atoms with van der Waals surface area (Å²) in [5.74, 6) is -1.72. The van der Waals surface area contributed by atoms with Crippen molar-refractivity contribution in [3.8, 4) is 0 Å². The van der Waals surface area contributed by atoms with E-state index >= 15 is 0 Å². The number of carbonyl (C=O) groups excluding carboxylic acids is 1. The molecule has 7 heteroatoms. The van der Waals surface area contributed by atoms with Crippen LogP contribution in [0.3, 0.4) is 0 Å². The van der Waals surface area contributed by atoms with Crippen LogP contribution in [0.5, 0.6) is 0 Å². The SMILES string of the molecule is Cc1ccc(/C=C/C(=O)O[C@@H]2O[C@@H]3O[C@@]4(C)CC[C@H]5[C@H](C)[C@H](O)C[C@@H]([C@H]2C)[C@@]35OO4)cc1. The molecular weight excluding hydrogens is 412 g/mol. The van der Waals surface area contributed by atoms with Crippen molar-refractivity contribution in [3.05, 3.63) is 41.5 Å². The van der Waals surface area contributed by atoms with E-state index in [9.17, 15) is 9.90 Å². The highest BCUT2D eigenvalue weighted by Gasteiger charge is 2.71. The summed E-state index contributed by atoms with van der Waals surface area (Å²) in [4.78, 5) is 24.4. The highest BCUT2D eigenvalue weighted by Crippen LogP contribution is 2.60. The van der Waals surface area contributed by atoms with Gasteiger partial charge in [0.2, 0.25) is 12.1 Å². The van der Waals surface area contributed by atoms with E-state index in [0.29, 0.717) is 12.8 Å². The van der Waals surface area contributed by atoms with Gasteiger partial charge in [-0.1, -0.05) is 43.7 Å². The van der Waals surface area contributed by atoms with Crippen LogP contribution in [0, 0.1) is 30.6 Å². The molecule has 2 bridgehead atoms. The molecule has 6 rings (SSSR count). The minimum absolute atomic E-state index is 0.0195. The molecule has 1 aromatic rings. The highest BCUT2D eigenvalue weighted by atomic mass is 17.3. The Morgan fingerprint density at radius 1 is 1.16 bits per heavy atom. The zero-order valence-electron chi connectivity index (χ0n) is 19.0. The van der Waals surface area contributed by atoms with Gasteiger partial charge in [0, 0.05) is 30.3 Å². The number of hydrogen-bond donors (Lipinski definition) is 1. The second-order valence-electron chi connectivity index (χ2n) is 10.1. The first-order chi connectivity index (χ1) is 15.2. The Morgan fingerprint density at radius 3 is 2.66 bits per heavy atom. The number of rotatable bonds is 3. The second-order valence-corrected chi connectivity index (χ2v) is 10.1. The van der Waals surface area contributed by atoms with E-state index in [1.807, 2.05) is 52.0 Å². The van der Waals surface area contributed by atoms with Crippen molar-refractivity contribution in [2.75, 3.05) is 0 Å². The van der Waals surface area contributed by atoms with Gasteiger partial charge in [-0.3, -0.25) is 0 Å². The summed E-state index contributed by atoms with van der Waals surface area (Å²) in [6.45, 7) is 7.87. The first kappa shape index (κ1) is 22.0. The lowest BCUT2D eigenvalue weighted by Crippen LogP contribution is -2.72. The zero-order chi connectivity index (χ0) is 22.7. The van der Waals surface area contributed by atoms with E-state index in [1.165, 1.54) is 6.08 Å². The number of esters is 1. The van der Waals surface area contributed by atoms with Crippen molar-refractivity contribution in [1.29, 1.82) is 0 Å². The van der Waals surface area contributed by atoms with Crippen molar-refractivity contribution < 1.29 is 33.9 Å². The van der Waals surface area contributed by atoms with E-state index in [1.54, 1.807) is 6.08 Å². The van der Waals surface area contributed by atoms with Gasteiger partial charge in [-0.25, -0.2) is 14.6 Å². The van der Waals surface area contributed by atoms with Gasteiger partial charge in [-0.05, 0) is 44.2 Å². The van der Waals surface area contributed by atoms with E-state index in [4.69, 9.17) is 24.0 Å². The van der Waals surface area contributed by atoms with Gasteiger partial charge < -0.3 is 19.3 Å². The normalized spacial score (nSPS) is 45.3. The molecule has 0 aromatic heterocycles. The molecule has 5 fully saturated rings. The highest BCUT2D eigenvalue weighted by molar-refractivity contribution is 5.87. The van der Waals surface area contributed by atoms with E-state index in [2.05, 4.69) is 0 Å². The van der Waals surface area contributed by atoms with E-state index < -0.39 is 36.0 Å². The molecule has 1 N–H and O–H groups in total. The summed E-state index contributed by atoms with van der Waals surface area (Å²) in [6.07, 6.45) is 3.08. The Hall–Kier alpha value is -1.77. The largest absolute Gasteiger partial charge is 0.432 e. The number of fused-ring (bicyclic) bond motifs is 2. The van der Waals surface area contributed by atoms with Gasteiger partial charge in [-0.2, -0.15) is 0 Å². The summed E-state index contributed by atoms with van der Waals surface area (Å²) in [7, 11) is 0.